The van der Waals surface area contributed by atoms with E-state index in [2.05, 4.69) is 37.5 Å². The van der Waals surface area contributed by atoms with Gasteiger partial charge in [-0.15, -0.1) is 0 Å². The Morgan fingerprint density at radius 1 is 0.955 bits per heavy atom. The molecule has 0 atom stereocenters. The fourth-order valence-corrected chi connectivity index (χ4v) is 2.10. The van der Waals surface area contributed by atoms with Gasteiger partial charge in [-0.1, -0.05) is 0 Å². The summed E-state index contributed by atoms with van der Waals surface area (Å²) in [7, 11) is -6.00. The van der Waals surface area contributed by atoms with E-state index in [1.807, 2.05) is 13.8 Å². The molecule has 0 aliphatic heterocycles. The summed E-state index contributed by atoms with van der Waals surface area (Å²) in [6.07, 6.45) is -0.157. The van der Waals surface area contributed by atoms with Crippen molar-refractivity contribution >= 4 is 7.25 Å². The average Bonchev–Trinajstić information content (AvgIpc) is 2.32. The molecule has 0 saturated carbocycles. The van der Waals surface area contributed by atoms with E-state index in [0.717, 1.165) is 6.54 Å². The lowest BCUT2D eigenvalue weighted by molar-refractivity contribution is -0.721. The molecule has 0 amide bonds. The normalized spacial score (nSPS) is 11.4. The highest BCUT2D eigenvalue weighted by Crippen LogP contribution is 2.06. The number of hydrogen-bond acceptors (Lipinski definition) is 2. The van der Waals surface area contributed by atoms with Gasteiger partial charge in [-0.2, -0.15) is 4.57 Å². The Balaban J connectivity index is 0.000000763. The van der Waals surface area contributed by atoms with Gasteiger partial charge in [0.2, 0.25) is 6.29 Å². The average molecular weight is 325 g/mol. The van der Waals surface area contributed by atoms with E-state index in [4.69, 9.17) is 9.47 Å². The molecule has 0 fully saturated rings. The van der Waals surface area contributed by atoms with Crippen molar-refractivity contribution in [2.75, 3.05) is 13.2 Å². The lowest BCUT2D eigenvalue weighted by Gasteiger charge is -2.15. The summed E-state index contributed by atoms with van der Waals surface area (Å²) in [4.78, 5) is 0. The van der Waals surface area contributed by atoms with Crippen LogP contribution in [0.4, 0.5) is 17.3 Å². The number of nitrogens with zero attached hydrogens (tertiary/aromatic N) is 1. The molecule has 22 heavy (non-hydrogen) atoms. The number of ether oxygens (including phenoxy) is 2. The Bertz CT molecular complexity index is 420. The second kappa shape index (κ2) is 9.79. The summed E-state index contributed by atoms with van der Waals surface area (Å²) in [5.74, 6) is 0. The molecule has 0 N–H and O–H groups in total. The van der Waals surface area contributed by atoms with E-state index in [-0.39, 0.29) is 6.29 Å². The molecule has 0 aromatic carbocycles. The lowest BCUT2D eigenvalue weighted by Crippen LogP contribution is -2.46. The largest absolute Gasteiger partial charge is 0.673 e. The maximum Gasteiger partial charge on any atom is 0.673 e. The predicted molar refractivity (Wildman–Crippen MR) is 78.1 cm³/mol. The molecule has 1 heterocycles. The third-order valence-electron chi connectivity index (χ3n) is 2.76. The summed E-state index contributed by atoms with van der Waals surface area (Å²) in [6, 6.07) is 4.36. The Kier molecular flexibility index (Phi) is 9.28. The molecule has 0 aliphatic carbocycles. The second-order valence-electron chi connectivity index (χ2n) is 4.76. The number of hydrogen-bond donors (Lipinski definition) is 0. The number of rotatable bonds is 6. The van der Waals surface area contributed by atoms with Gasteiger partial charge < -0.3 is 26.7 Å². The molecule has 0 aliphatic rings. The summed E-state index contributed by atoms with van der Waals surface area (Å²) < 4.78 is 52.4. The fourth-order valence-electron chi connectivity index (χ4n) is 2.10. The van der Waals surface area contributed by atoms with Crippen LogP contribution in [0.2, 0.25) is 0 Å². The molecular weight excluding hydrogens is 301 g/mol. The van der Waals surface area contributed by atoms with Crippen molar-refractivity contribution in [2.45, 2.75) is 47.5 Å². The minimum atomic E-state index is -6.00. The van der Waals surface area contributed by atoms with Crippen LogP contribution < -0.4 is 4.57 Å². The number of pyridine rings is 1. The van der Waals surface area contributed by atoms with Crippen LogP contribution in [-0.4, -0.2) is 26.8 Å². The summed E-state index contributed by atoms with van der Waals surface area (Å²) in [5.41, 5.74) is 3.78. The summed E-state index contributed by atoms with van der Waals surface area (Å²) >= 11 is 0. The molecule has 0 saturated heterocycles. The zero-order chi connectivity index (χ0) is 17.3. The van der Waals surface area contributed by atoms with Gasteiger partial charge in [0.05, 0.1) is 0 Å². The van der Waals surface area contributed by atoms with Crippen LogP contribution in [0.3, 0.4) is 0 Å². The van der Waals surface area contributed by atoms with E-state index in [1.54, 1.807) is 0 Å². The van der Waals surface area contributed by atoms with Crippen molar-refractivity contribution < 1.29 is 31.3 Å². The summed E-state index contributed by atoms with van der Waals surface area (Å²) in [5, 5.41) is 0. The third kappa shape index (κ3) is 9.73. The highest BCUT2D eigenvalue weighted by molar-refractivity contribution is 6.50. The molecule has 1 aromatic heterocycles. The zero-order valence-electron chi connectivity index (χ0n) is 13.7. The first-order valence-electron chi connectivity index (χ1n) is 7.16. The van der Waals surface area contributed by atoms with Gasteiger partial charge in [-0.05, 0) is 26.3 Å². The van der Waals surface area contributed by atoms with Crippen LogP contribution in [0.15, 0.2) is 12.1 Å². The Labute approximate surface area is 129 Å². The van der Waals surface area contributed by atoms with Crippen LogP contribution in [0, 0.1) is 20.8 Å². The van der Waals surface area contributed by atoms with Gasteiger partial charge in [0.1, 0.15) is 0 Å². The number of aromatic nitrogens is 1. The van der Waals surface area contributed by atoms with E-state index < -0.39 is 7.25 Å². The first kappa shape index (κ1) is 20.9. The smallest absolute Gasteiger partial charge is 0.418 e. The van der Waals surface area contributed by atoms with E-state index in [0.29, 0.717) is 13.2 Å². The number of aryl methyl sites for hydroxylation is 3. The molecule has 0 spiro atoms. The number of halogens is 4. The first-order valence-corrected chi connectivity index (χ1v) is 7.16. The fraction of sp³-hybridized carbons (Fsp3) is 0.643. The maximum absolute atomic E-state index is 9.75. The monoisotopic (exact) mass is 325 g/mol. The topological polar surface area (TPSA) is 22.3 Å². The Morgan fingerprint density at radius 2 is 1.32 bits per heavy atom. The van der Waals surface area contributed by atoms with Crippen molar-refractivity contribution in [3.8, 4) is 0 Å². The molecule has 0 bridgehead atoms. The van der Waals surface area contributed by atoms with Gasteiger partial charge in [-0.25, -0.2) is 0 Å². The third-order valence-corrected chi connectivity index (χ3v) is 2.76. The van der Waals surface area contributed by atoms with Gasteiger partial charge in [-0.3, -0.25) is 0 Å². The highest BCUT2D eigenvalue weighted by Gasteiger charge is 2.20. The lowest BCUT2D eigenvalue weighted by atomic mass is 10.2. The SMILES string of the molecule is CCOC(C[n+]1c(C)cc(C)cc1C)OCC.F[B-](F)(F)F. The van der Waals surface area contributed by atoms with E-state index in [1.165, 1.54) is 17.0 Å². The first-order chi connectivity index (χ1) is 10.1. The molecule has 0 unspecified atom stereocenters. The van der Waals surface area contributed by atoms with Crippen LogP contribution in [-0.2, 0) is 16.0 Å². The van der Waals surface area contributed by atoms with Gasteiger partial charge >= 0.3 is 7.25 Å². The molecule has 1 rings (SSSR count). The van der Waals surface area contributed by atoms with Crippen molar-refractivity contribution in [3.05, 3.63) is 29.1 Å². The minimum Gasteiger partial charge on any atom is -0.418 e. The molecule has 0 radical (unpaired) electrons. The second-order valence-corrected chi connectivity index (χ2v) is 4.76. The van der Waals surface area contributed by atoms with Crippen molar-refractivity contribution in [1.29, 1.82) is 0 Å². The predicted octanol–water partition coefficient (Wildman–Crippen LogP) is 3.60. The Hall–Kier alpha value is -1.15. The van der Waals surface area contributed by atoms with Crippen molar-refractivity contribution in [1.82, 2.24) is 0 Å². The highest BCUT2D eigenvalue weighted by atomic mass is 19.5. The molecular formula is C14H24BF4NO2. The van der Waals surface area contributed by atoms with Crippen LogP contribution in [0.1, 0.15) is 30.8 Å². The maximum atomic E-state index is 9.75. The zero-order valence-corrected chi connectivity index (χ0v) is 13.7. The van der Waals surface area contributed by atoms with Crippen LogP contribution >= 0.6 is 0 Å². The molecule has 128 valence electrons. The molecule has 1 aromatic rings. The van der Waals surface area contributed by atoms with Crippen LogP contribution in [0.25, 0.3) is 0 Å². The molecule has 8 heteroatoms. The van der Waals surface area contributed by atoms with Gasteiger partial charge in [0, 0.05) is 39.2 Å². The van der Waals surface area contributed by atoms with Crippen LogP contribution in [0.5, 0.6) is 0 Å². The quantitative estimate of drug-likeness (QED) is 0.345. The van der Waals surface area contributed by atoms with Gasteiger partial charge in [0.15, 0.2) is 17.9 Å². The standard InChI is InChI=1S/C14H24NO2.BF4/c1-6-16-14(17-7-2)10-15-12(4)8-11(3)9-13(15)5;2-1(3,4)5/h8-9,14H,6-7,10H2,1-5H3;/q+1;-1. The van der Waals surface area contributed by atoms with Gasteiger partial charge in [0.25, 0.3) is 0 Å². The van der Waals surface area contributed by atoms with E-state index in [9.17, 15) is 17.3 Å². The molecule has 3 nitrogen and oxygen atoms in total. The van der Waals surface area contributed by atoms with E-state index >= 15 is 0 Å². The Morgan fingerprint density at radius 3 is 1.64 bits per heavy atom. The van der Waals surface area contributed by atoms with Crippen molar-refractivity contribution in [3.63, 3.8) is 0 Å². The summed E-state index contributed by atoms with van der Waals surface area (Å²) in [6.45, 7) is 12.4. The van der Waals surface area contributed by atoms with Crippen molar-refractivity contribution in [2.24, 2.45) is 0 Å². The minimum absolute atomic E-state index is 0.157.